The summed E-state index contributed by atoms with van der Waals surface area (Å²) in [7, 11) is -4.55. The molecule has 6 rings (SSSR count). The van der Waals surface area contributed by atoms with E-state index in [4.69, 9.17) is 18.2 Å². The Hall–Kier alpha value is -5.31. The number of nitrogens with zero attached hydrogens (tertiary/aromatic N) is 4. The van der Waals surface area contributed by atoms with Crippen molar-refractivity contribution in [2.75, 3.05) is 0 Å². The van der Waals surface area contributed by atoms with Crippen molar-refractivity contribution in [3.8, 4) is 33.6 Å². The van der Waals surface area contributed by atoms with Crippen molar-refractivity contribution < 1.29 is 26.4 Å². The number of carbonyl (C=O) groups is 1. The SMILES string of the molecule is [C-]#[N+]c1ccnnc1-c1c(-c2cccc(-c3ccc(C(C)=O)cc3Cl)c2)n(S(=O)(=O)c2ccc(C(F)F)cc2)c2ccc(F)cc12. The van der Waals surface area contributed by atoms with Crippen LogP contribution >= 0.6 is 11.6 Å². The first kappa shape index (κ1) is 30.7. The third kappa shape index (κ3) is 5.31. The predicted molar refractivity (Wildman–Crippen MR) is 169 cm³/mol. The highest BCUT2D eigenvalue weighted by atomic mass is 35.5. The van der Waals surface area contributed by atoms with Crippen LogP contribution in [0.2, 0.25) is 5.02 Å². The first-order chi connectivity index (χ1) is 22.0. The van der Waals surface area contributed by atoms with Crippen molar-refractivity contribution >= 4 is 44.0 Å². The first-order valence-electron chi connectivity index (χ1n) is 13.6. The van der Waals surface area contributed by atoms with Gasteiger partial charge < -0.3 is 0 Å². The van der Waals surface area contributed by atoms with E-state index in [0.717, 1.165) is 40.4 Å². The van der Waals surface area contributed by atoms with Gasteiger partial charge in [-0.05, 0) is 61.0 Å². The van der Waals surface area contributed by atoms with Gasteiger partial charge in [0.05, 0.1) is 22.7 Å². The molecule has 0 fully saturated rings. The van der Waals surface area contributed by atoms with Gasteiger partial charge in [-0.2, -0.15) is 10.2 Å². The number of rotatable bonds is 7. The van der Waals surface area contributed by atoms with Crippen molar-refractivity contribution in [2.24, 2.45) is 0 Å². The zero-order chi connectivity index (χ0) is 32.7. The molecule has 0 aliphatic carbocycles. The van der Waals surface area contributed by atoms with Crippen molar-refractivity contribution in [3.05, 3.63) is 131 Å². The van der Waals surface area contributed by atoms with E-state index < -0.39 is 22.3 Å². The molecule has 0 aliphatic heterocycles. The number of benzene rings is 4. The van der Waals surface area contributed by atoms with Crippen LogP contribution in [-0.2, 0) is 10.0 Å². The largest absolute Gasteiger partial charge is 0.295 e. The second-order valence-electron chi connectivity index (χ2n) is 10.2. The summed E-state index contributed by atoms with van der Waals surface area (Å²) >= 11 is 6.57. The number of hydrogen-bond acceptors (Lipinski definition) is 5. The zero-order valence-corrected chi connectivity index (χ0v) is 25.3. The minimum absolute atomic E-state index is 0.0133. The predicted octanol–water partition coefficient (Wildman–Crippen LogP) is 9.15. The lowest BCUT2D eigenvalue weighted by atomic mass is 9.97. The van der Waals surface area contributed by atoms with Crippen LogP contribution in [0.15, 0.2) is 102 Å². The third-order valence-electron chi connectivity index (χ3n) is 7.44. The normalized spacial score (nSPS) is 11.6. The van der Waals surface area contributed by atoms with Crippen molar-refractivity contribution in [3.63, 3.8) is 0 Å². The Bertz CT molecular complexity index is 2330. The molecule has 0 N–H and O–H groups in total. The monoisotopic (exact) mass is 656 g/mol. The summed E-state index contributed by atoms with van der Waals surface area (Å²) in [5.74, 6) is -0.842. The molecular weight excluding hydrogens is 637 g/mol. The van der Waals surface area contributed by atoms with Crippen LogP contribution in [-0.4, -0.2) is 28.4 Å². The quantitative estimate of drug-likeness (QED) is 0.126. The van der Waals surface area contributed by atoms with E-state index in [-0.39, 0.29) is 54.8 Å². The summed E-state index contributed by atoms with van der Waals surface area (Å²) < 4.78 is 71.4. The molecular formula is C34H20ClF3N4O3S. The molecule has 4 aromatic carbocycles. The molecule has 0 saturated carbocycles. The molecule has 0 saturated heterocycles. The molecule has 228 valence electrons. The van der Waals surface area contributed by atoms with E-state index in [1.807, 2.05) is 0 Å². The van der Waals surface area contributed by atoms with Crippen LogP contribution in [0.4, 0.5) is 18.9 Å². The minimum Gasteiger partial charge on any atom is -0.295 e. The number of alkyl halides is 2. The Kier molecular flexibility index (Phi) is 7.94. The average Bonchev–Trinajstić information content (AvgIpc) is 3.39. The number of aromatic nitrogens is 3. The lowest BCUT2D eigenvalue weighted by Gasteiger charge is -2.15. The van der Waals surface area contributed by atoms with Crippen molar-refractivity contribution in [1.82, 2.24) is 14.2 Å². The molecule has 6 aromatic rings. The second-order valence-corrected chi connectivity index (χ2v) is 12.4. The maximum absolute atomic E-state index is 14.9. The minimum atomic E-state index is -4.55. The van der Waals surface area contributed by atoms with E-state index in [2.05, 4.69) is 15.0 Å². The van der Waals surface area contributed by atoms with E-state index in [1.54, 1.807) is 36.4 Å². The topological polar surface area (TPSA) is 86.3 Å². The van der Waals surface area contributed by atoms with Gasteiger partial charge in [-0.3, -0.25) is 4.79 Å². The molecule has 2 heterocycles. The van der Waals surface area contributed by atoms with Gasteiger partial charge >= 0.3 is 0 Å². The van der Waals surface area contributed by atoms with Gasteiger partial charge in [0.25, 0.3) is 16.4 Å². The van der Waals surface area contributed by atoms with E-state index >= 15 is 0 Å². The molecule has 0 unspecified atom stereocenters. The van der Waals surface area contributed by atoms with E-state index in [0.29, 0.717) is 22.3 Å². The van der Waals surface area contributed by atoms with Gasteiger partial charge in [0.15, 0.2) is 5.78 Å². The summed E-state index contributed by atoms with van der Waals surface area (Å²) in [6.07, 6.45) is -1.50. The van der Waals surface area contributed by atoms with Crippen molar-refractivity contribution in [1.29, 1.82) is 0 Å². The van der Waals surface area contributed by atoms with Crippen LogP contribution in [0.3, 0.4) is 0 Å². The number of Topliss-reactive ketones (excluding diaryl/α,β-unsaturated/α-hetero) is 1. The van der Waals surface area contributed by atoms with Gasteiger partial charge in [0.1, 0.15) is 11.5 Å². The van der Waals surface area contributed by atoms with Crippen LogP contribution in [0.25, 0.3) is 49.4 Å². The smallest absolute Gasteiger partial charge is 0.268 e. The summed E-state index contributed by atoms with van der Waals surface area (Å²) in [6.45, 7) is 9.17. The fourth-order valence-corrected chi connectivity index (χ4v) is 7.11. The highest BCUT2D eigenvalue weighted by Gasteiger charge is 2.31. The second kappa shape index (κ2) is 11.9. The fourth-order valence-electron chi connectivity index (χ4n) is 5.27. The third-order valence-corrected chi connectivity index (χ3v) is 9.48. The highest BCUT2D eigenvalue weighted by Crippen LogP contribution is 2.46. The Balaban J connectivity index is 1.72. The van der Waals surface area contributed by atoms with Crippen LogP contribution < -0.4 is 0 Å². The molecule has 0 radical (unpaired) electrons. The number of carbonyl (C=O) groups excluding carboxylic acids is 1. The Morgan fingerprint density at radius 1 is 0.957 bits per heavy atom. The summed E-state index contributed by atoms with van der Waals surface area (Å²) in [4.78, 5) is 15.2. The molecule has 0 spiro atoms. The standard InChI is InChI=1S/C34H20ClF3N4O3S/c1-19(43)21-8-12-26(28(35)17-21)22-4-3-5-23(16-22)33-31(32-29(39-2)14-15-40-41-32)27-18-24(36)9-13-30(27)42(33)46(44,45)25-10-6-20(7-11-25)34(37)38/h3-18,34H,1H3. The summed E-state index contributed by atoms with van der Waals surface area (Å²) in [5.41, 5.74) is 1.75. The summed E-state index contributed by atoms with van der Waals surface area (Å²) in [6, 6.07) is 20.7. The molecule has 7 nitrogen and oxygen atoms in total. The maximum atomic E-state index is 14.9. The fraction of sp³-hybridized carbons (Fsp3) is 0.0588. The van der Waals surface area contributed by atoms with Gasteiger partial charge in [0.2, 0.25) is 5.69 Å². The molecule has 0 amide bonds. The Morgan fingerprint density at radius 2 is 1.70 bits per heavy atom. The molecule has 0 atom stereocenters. The molecule has 12 heteroatoms. The van der Waals surface area contributed by atoms with Crippen molar-refractivity contribution in [2.45, 2.75) is 18.2 Å². The number of ketones is 1. The number of halogens is 4. The lowest BCUT2D eigenvalue weighted by Crippen LogP contribution is -2.14. The van der Waals surface area contributed by atoms with Gasteiger partial charge in [-0.25, -0.2) is 30.4 Å². The Labute approximate surface area is 266 Å². The van der Waals surface area contributed by atoms with Gasteiger partial charge in [0, 0.05) is 44.4 Å². The summed E-state index contributed by atoms with van der Waals surface area (Å²) in [5, 5.41) is 8.51. The molecule has 2 aromatic heterocycles. The van der Waals surface area contributed by atoms with E-state index in [1.165, 1.54) is 31.3 Å². The zero-order valence-electron chi connectivity index (χ0n) is 23.7. The highest BCUT2D eigenvalue weighted by molar-refractivity contribution is 7.90. The van der Waals surface area contributed by atoms with E-state index in [9.17, 15) is 26.4 Å². The molecule has 46 heavy (non-hydrogen) atoms. The Morgan fingerprint density at radius 3 is 2.37 bits per heavy atom. The lowest BCUT2D eigenvalue weighted by molar-refractivity contribution is 0.101. The van der Waals surface area contributed by atoms with Gasteiger partial charge in [-0.1, -0.05) is 54.1 Å². The molecule has 0 bridgehead atoms. The average molecular weight is 657 g/mol. The van der Waals surface area contributed by atoms with Crippen LogP contribution in [0.1, 0.15) is 29.3 Å². The first-order valence-corrected chi connectivity index (χ1v) is 15.4. The van der Waals surface area contributed by atoms with Crippen LogP contribution in [0.5, 0.6) is 0 Å². The maximum Gasteiger partial charge on any atom is 0.268 e. The van der Waals surface area contributed by atoms with Gasteiger partial charge in [-0.15, -0.1) is 0 Å². The number of fused-ring (bicyclic) bond motifs is 1. The molecule has 0 aliphatic rings. The number of hydrogen-bond donors (Lipinski definition) is 0. The van der Waals surface area contributed by atoms with Crippen LogP contribution in [0, 0.1) is 12.4 Å².